The van der Waals surface area contributed by atoms with Crippen molar-refractivity contribution in [1.29, 1.82) is 0 Å². The van der Waals surface area contributed by atoms with E-state index in [4.69, 9.17) is 6.42 Å². The van der Waals surface area contributed by atoms with Gasteiger partial charge in [0.05, 0.1) is 0 Å². The van der Waals surface area contributed by atoms with E-state index in [0.29, 0.717) is 12.8 Å². The molecular weight excluding hydrogens is 198 g/mol. The van der Waals surface area contributed by atoms with Crippen LogP contribution < -0.4 is 5.32 Å². The van der Waals surface area contributed by atoms with Crippen molar-refractivity contribution in [2.75, 3.05) is 6.54 Å². The van der Waals surface area contributed by atoms with Crippen LogP contribution in [0.25, 0.3) is 0 Å². The minimum absolute atomic E-state index is 0.0835. The summed E-state index contributed by atoms with van der Waals surface area (Å²) in [6, 6.07) is 0. The van der Waals surface area contributed by atoms with Gasteiger partial charge in [-0.1, -0.05) is 39.5 Å². The van der Waals surface area contributed by atoms with Crippen molar-refractivity contribution < 1.29 is 4.79 Å². The van der Waals surface area contributed by atoms with E-state index in [0.717, 1.165) is 18.9 Å². The first kappa shape index (κ1) is 15.0. The summed E-state index contributed by atoms with van der Waals surface area (Å²) >= 11 is 0. The molecule has 0 aromatic rings. The maximum Gasteiger partial charge on any atom is 0.220 e. The van der Waals surface area contributed by atoms with Gasteiger partial charge in [-0.15, -0.1) is 12.3 Å². The van der Waals surface area contributed by atoms with Crippen molar-refractivity contribution in [3.8, 4) is 12.3 Å². The van der Waals surface area contributed by atoms with E-state index >= 15 is 0 Å². The number of amides is 1. The van der Waals surface area contributed by atoms with Crippen LogP contribution in [0.2, 0.25) is 0 Å². The van der Waals surface area contributed by atoms with Crippen LogP contribution in [0.15, 0.2) is 0 Å². The molecule has 0 atom stereocenters. The smallest absolute Gasteiger partial charge is 0.220 e. The van der Waals surface area contributed by atoms with Gasteiger partial charge < -0.3 is 5.32 Å². The van der Waals surface area contributed by atoms with Gasteiger partial charge in [0.25, 0.3) is 0 Å². The zero-order valence-electron chi connectivity index (χ0n) is 10.7. The number of unbranched alkanes of at least 4 members (excludes halogenated alkanes) is 3. The molecule has 92 valence electrons. The Hall–Kier alpha value is -0.970. The monoisotopic (exact) mass is 223 g/mol. The Morgan fingerprint density at radius 3 is 2.56 bits per heavy atom. The zero-order valence-corrected chi connectivity index (χ0v) is 10.7. The molecule has 0 bridgehead atoms. The molecule has 0 aliphatic carbocycles. The summed E-state index contributed by atoms with van der Waals surface area (Å²) in [6.07, 6.45) is 12.3. The molecule has 16 heavy (non-hydrogen) atoms. The Balaban J connectivity index is 3.15. The topological polar surface area (TPSA) is 29.1 Å². The van der Waals surface area contributed by atoms with Crippen LogP contribution in [-0.2, 0) is 4.79 Å². The van der Waals surface area contributed by atoms with Gasteiger partial charge in [0.15, 0.2) is 0 Å². The number of nitrogens with one attached hydrogen (secondary N) is 1. The van der Waals surface area contributed by atoms with Crippen LogP contribution in [0.4, 0.5) is 0 Å². The van der Waals surface area contributed by atoms with Crippen LogP contribution >= 0.6 is 0 Å². The van der Waals surface area contributed by atoms with Gasteiger partial charge in [-0.3, -0.25) is 4.79 Å². The van der Waals surface area contributed by atoms with E-state index in [2.05, 4.69) is 25.1 Å². The lowest BCUT2D eigenvalue weighted by Gasteiger charge is -2.05. The number of terminal acetylenes is 1. The van der Waals surface area contributed by atoms with Gasteiger partial charge in [-0.05, 0) is 12.3 Å². The normalized spacial score (nSPS) is 10.1. The van der Waals surface area contributed by atoms with E-state index < -0.39 is 0 Å². The molecule has 0 aromatic carbocycles. The number of hydrogen-bond acceptors (Lipinski definition) is 1. The van der Waals surface area contributed by atoms with Crippen molar-refractivity contribution in [3.05, 3.63) is 0 Å². The van der Waals surface area contributed by atoms with Gasteiger partial charge >= 0.3 is 0 Å². The summed E-state index contributed by atoms with van der Waals surface area (Å²) in [5.74, 6) is 3.36. The fraction of sp³-hybridized carbons (Fsp3) is 0.786. The van der Waals surface area contributed by atoms with Crippen LogP contribution in [0.5, 0.6) is 0 Å². The highest BCUT2D eigenvalue weighted by Gasteiger charge is 1.98. The quantitative estimate of drug-likeness (QED) is 0.472. The third kappa shape index (κ3) is 11.1. The highest BCUT2D eigenvalue weighted by atomic mass is 16.1. The lowest BCUT2D eigenvalue weighted by atomic mass is 10.0. The summed E-state index contributed by atoms with van der Waals surface area (Å²) in [4.78, 5) is 11.2. The van der Waals surface area contributed by atoms with Gasteiger partial charge in [0, 0.05) is 19.4 Å². The van der Waals surface area contributed by atoms with Gasteiger partial charge in [0.1, 0.15) is 0 Å². The molecule has 0 spiro atoms. The highest BCUT2D eigenvalue weighted by molar-refractivity contribution is 5.76. The van der Waals surface area contributed by atoms with Gasteiger partial charge in [0.2, 0.25) is 5.91 Å². The SMILES string of the molecule is C#CCCC(=O)NCCCCCCC(C)C. The number of carbonyl (C=O) groups excluding carboxylic acids is 1. The Morgan fingerprint density at radius 1 is 1.25 bits per heavy atom. The van der Waals surface area contributed by atoms with Crippen molar-refractivity contribution in [2.45, 2.75) is 58.8 Å². The van der Waals surface area contributed by atoms with Crippen LogP contribution in [-0.4, -0.2) is 12.5 Å². The third-order valence-corrected chi connectivity index (χ3v) is 2.53. The van der Waals surface area contributed by atoms with Crippen LogP contribution in [0, 0.1) is 18.3 Å². The highest BCUT2D eigenvalue weighted by Crippen LogP contribution is 2.08. The molecule has 0 unspecified atom stereocenters. The molecule has 0 saturated heterocycles. The maximum atomic E-state index is 11.2. The minimum Gasteiger partial charge on any atom is -0.356 e. The molecule has 1 N–H and O–H groups in total. The number of rotatable bonds is 9. The summed E-state index contributed by atoms with van der Waals surface area (Å²) in [7, 11) is 0. The van der Waals surface area contributed by atoms with Crippen LogP contribution in [0.3, 0.4) is 0 Å². The second-order valence-corrected chi connectivity index (χ2v) is 4.65. The Kier molecular flexibility index (Phi) is 9.91. The summed E-state index contributed by atoms with van der Waals surface area (Å²) in [6.45, 7) is 5.31. The van der Waals surface area contributed by atoms with E-state index in [1.807, 2.05) is 0 Å². The largest absolute Gasteiger partial charge is 0.356 e. The van der Waals surface area contributed by atoms with Crippen molar-refractivity contribution in [3.63, 3.8) is 0 Å². The van der Waals surface area contributed by atoms with E-state index in [-0.39, 0.29) is 5.91 Å². The summed E-state index contributed by atoms with van der Waals surface area (Å²) < 4.78 is 0. The van der Waals surface area contributed by atoms with E-state index in [1.54, 1.807) is 0 Å². The molecule has 0 aliphatic heterocycles. The average Bonchev–Trinajstić information content (AvgIpc) is 2.24. The zero-order chi connectivity index (χ0) is 12.2. The fourth-order valence-corrected chi connectivity index (χ4v) is 1.53. The molecular formula is C14H25NO. The molecule has 0 aliphatic rings. The van der Waals surface area contributed by atoms with Crippen molar-refractivity contribution in [1.82, 2.24) is 5.32 Å². The predicted molar refractivity (Wildman–Crippen MR) is 69.0 cm³/mol. The van der Waals surface area contributed by atoms with E-state index in [9.17, 15) is 4.79 Å². The first-order chi connectivity index (χ1) is 7.66. The predicted octanol–water partition coefficient (Wildman–Crippen LogP) is 3.12. The fourth-order valence-electron chi connectivity index (χ4n) is 1.53. The van der Waals surface area contributed by atoms with Crippen molar-refractivity contribution >= 4 is 5.91 Å². The summed E-state index contributed by atoms with van der Waals surface area (Å²) in [5.41, 5.74) is 0. The third-order valence-electron chi connectivity index (χ3n) is 2.53. The summed E-state index contributed by atoms with van der Waals surface area (Å²) in [5, 5.41) is 2.88. The van der Waals surface area contributed by atoms with Crippen LogP contribution in [0.1, 0.15) is 58.8 Å². The molecule has 2 nitrogen and oxygen atoms in total. The molecule has 0 fully saturated rings. The lowest BCUT2D eigenvalue weighted by Crippen LogP contribution is -2.23. The second kappa shape index (κ2) is 10.5. The Bertz CT molecular complexity index is 215. The lowest BCUT2D eigenvalue weighted by molar-refractivity contribution is -0.120. The number of carbonyl (C=O) groups is 1. The van der Waals surface area contributed by atoms with E-state index in [1.165, 1.54) is 25.7 Å². The molecule has 0 radical (unpaired) electrons. The Morgan fingerprint density at radius 2 is 1.94 bits per heavy atom. The number of hydrogen-bond donors (Lipinski definition) is 1. The molecule has 0 saturated carbocycles. The molecule has 0 heterocycles. The molecule has 1 amide bonds. The molecule has 0 rings (SSSR count). The molecule has 2 heteroatoms. The van der Waals surface area contributed by atoms with Gasteiger partial charge in [-0.25, -0.2) is 0 Å². The van der Waals surface area contributed by atoms with Crippen molar-refractivity contribution in [2.24, 2.45) is 5.92 Å². The Labute approximate surface area is 100 Å². The first-order valence-corrected chi connectivity index (χ1v) is 6.37. The molecule has 0 aromatic heterocycles. The minimum atomic E-state index is 0.0835. The maximum absolute atomic E-state index is 11.2. The standard InChI is InChI=1S/C14H25NO/c1-4-5-11-14(16)15-12-9-7-6-8-10-13(2)3/h1,13H,5-12H2,2-3H3,(H,15,16). The second-order valence-electron chi connectivity index (χ2n) is 4.65. The average molecular weight is 223 g/mol. The van der Waals surface area contributed by atoms with Gasteiger partial charge in [-0.2, -0.15) is 0 Å². The first-order valence-electron chi connectivity index (χ1n) is 6.37.